The fourth-order valence-corrected chi connectivity index (χ4v) is 3.43. The fourth-order valence-electron chi connectivity index (χ4n) is 3.43. The van der Waals surface area contributed by atoms with Gasteiger partial charge in [0.1, 0.15) is 6.54 Å². The van der Waals surface area contributed by atoms with Gasteiger partial charge in [-0.05, 0) is 43.5 Å². The van der Waals surface area contributed by atoms with Crippen LogP contribution in [0.15, 0.2) is 53.6 Å². The second-order valence-electron chi connectivity index (χ2n) is 6.48. The van der Waals surface area contributed by atoms with E-state index < -0.39 is 0 Å². The Morgan fingerprint density at radius 1 is 1.20 bits per heavy atom. The highest BCUT2D eigenvalue weighted by Gasteiger charge is 2.23. The molecule has 3 aromatic rings. The minimum absolute atomic E-state index is 0.00395. The van der Waals surface area contributed by atoms with Crippen molar-refractivity contribution < 1.29 is 4.79 Å². The minimum atomic E-state index is -0.180. The van der Waals surface area contributed by atoms with Crippen LogP contribution in [-0.4, -0.2) is 22.0 Å². The lowest BCUT2D eigenvalue weighted by molar-refractivity contribution is -0.119. The van der Waals surface area contributed by atoms with Gasteiger partial charge < -0.3 is 4.90 Å². The number of aryl methyl sites for hydroxylation is 2. The number of hydrogen-bond donors (Lipinski definition) is 0. The number of fused-ring (bicyclic) bond motifs is 2. The van der Waals surface area contributed by atoms with Crippen molar-refractivity contribution in [2.24, 2.45) is 0 Å². The molecule has 0 bridgehead atoms. The Kier molecular flexibility index (Phi) is 3.84. The van der Waals surface area contributed by atoms with Gasteiger partial charge in [-0.1, -0.05) is 29.8 Å². The zero-order chi connectivity index (χ0) is 17.4. The summed E-state index contributed by atoms with van der Waals surface area (Å²) < 4.78 is 1.40. The summed E-state index contributed by atoms with van der Waals surface area (Å²) in [6, 6.07) is 13.4. The van der Waals surface area contributed by atoms with Crippen molar-refractivity contribution in [2.75, 3.05) is 11.4 Å². The van der Waals surface area contributed by atoms with Gasteiger partial charge in [-0.15, -0.1) is 0 Å². The zero-order valence-corrected chi connectivity index (χ0v) is 14.1. The Labute approximate surface area is 145 Å². The first-order valence-corrected chi connectivity index (χ1v) is 8.47. The van der Waals surface area contributed by atoms with Crippen molar-refractivity contribution in [3.05, 3.63) is 70.3 Å². The van der Waals surface area contributed by atoms with Crippen LogP contribution in [0.25, 0.3) is 10.9 Å². The Bertz CT molecular complexity index is 1020. The zero-order valence-electron chi connectivity index (χ0n) is 14.1. The van der Waals surface area contributed by atoms with Crippen LogP contribution < -0.4 is 10.5 Å². The molecule has 0 aliphatic carbocycles. The van der Waals surface area contributed by atoms with E-state index in [2.05, 4.69) is 18.0 Å². The first-order chi connectivity index (χ1) is 12.1. The third-order valence-electron chi connectivity index (χ3n) is 4.69. The van der Waals surface area contributed by atoms with Crippen LogP contribution in [0.5, 0.6) is 0 Å². The van der Waals surface area contributed by atoms with Crippen molar-refractivity contribution in [1.29, 1.82) is 0 Å². The minimum Gasteiger partial charge on any atom is -0.311 e. The van der Waals surface area contributed by atoms with Gasteiger partial charge in [0.05, 0.1) is 17.2 Å². The van der Waals surface area contributed by atoms with Crippen molar-refractivity contribution in [1.82, 2.24) is 9.55 Å². The molecule has 5 heteroatoms. The average molecular weight is 333 g/mol. The summed E-state index contributed by atoms with van der Waals surface area (Å²) in [6.07, 6.45) is 3.38. The second kappa shape index (κ2) is 6.16. The molecule has 0 radical (unpaired) electrons. The summed E-state index contributed by atoms with van der Waals surface area (Å²) in [4.78, 5) is 31.5. The highest BCUT2D eigenvalue weighted by molar-refractivity contribution is 5.94. The normalized spacial score (nSPS) is 13.7. The van der Waals surface area contributed by atoms with E-state index in [1.54, 1.807) is 23.1 Å². The van der Waals surface area contributed by atoms with Gasteiger partial charge in [-0.3, -0.25) is 14.2 Å². The van der Waals surface area contributed by atoms with Crippen molar-refractivity contribution in [3.63, 3.8) is 0 Å². The number of para-hydroxylation sites is 1. The van der Waals surface area contributed by atoms with E-state index in [-0.39, 0.29) is 18.0 Å². The highest BCUT2D eigenvalue weighted by atomic mass is 16.2. The van der Waals surface area contributed by atoms with Gasteiger partial charge in [0.2, 0.25) is 5.91 Å². The first-order valence-electron chi connectivity index (χ1n) is 8.47. The van der Waals surface area contributed by atoms with Gasteiger partial charge in [0, 0.05) is 12.2 Å². The second-order valence-corrected chi connectivity index (χ2v) is 6.48. The van der Waals surface area contributed by atoms with E-state index in [0.29, 0.717) is 17.4 Å². The predicted molar refractivity (Wildman–Crippen MR) is 97.9 cm³/mol. The monoisotopic (exact) mass is 333 g/mol. The highest BCUT2D eigenvalue weighted by Crippen LogP contribution is 2.28. The topological polar surface area (TPSA) is 55.2 Å². The summed E-state index contributed by atoms with van der Waals surface area (Å²) in [5.41, 5.74) is 3.82. The van der Waals surface area contributed by atoms with Crippen LogP contribution in [-0.2, 0) is 17.8 Å². The molecule has 0 N–H and O–H groups in total. The summed E-state index contributed by atoms with van der Waals surface area (Å²) in [7, 11) is 0. The molecule has 1 aliphatic rings. The molecule has 2 aromatic carbocycles. The van der Waals surface area contributed by atoms with Crippen LogP contribution in [0.2, 0.25) is 0 Å². The molecule has 2 heterocycles. The van der Waals surface area contributed by atoms with E-state index in [1.807, 2.05) is 18.2 Å². The van der Waals surface area contributed by atoms with E-state index in [0.717, 1.165) is 18.5 Å². The molecule has 5 nitrogen and oxygen atoms in total. The summed E-state index contributed by atoms with van der Waals surface area (Å²) in [5.74, 6) is -0.0796. The number of rotatable bonds is 2. The van der Waals surface area contributed by atoms with Gasteiger partial charge in [0.25, 0.3) is 5.56 Å². The molecule has 0 atom stereocenters. The third kappa shape index (κ3) is 2.82. The molecule has 1 aromatic heterocycles. The Balaban J connectivity index is 1.66. The average Bonchev–Trinajstić information content (AvgIpc) is 2.63. The van der Waals surface area contributed by atoms with Gasteiger partial charge in [-0.2, -0.15) is 0 Å². The van der Waals surface area contributed by atoms with Gasteiger partial charge >= 0.3 is 0 Å². The number of carbonyl (C=O) groups is 1. The van der Waals surface area contributed by atoms with Crippen molar-refractivity contribution in [3.8, 4) is 0 Å². The Morgan fingerprint density at radius 2 is 2.04 bits per heavy atom. The lowest BCUT2D eigenvalue weighted by atomic mass is 9.99. The van der Waals surface area contributed by atoms with E-state index in [4.69, 9.17) is 0 Å². The van der Waals surface area contributed by atoms with Gasteiger partial charge in [0.15, 0.2) is 0 Å². The molecule has 25 heavy (non-hydrogen) atoms. The lowest BCUT2D eigenvalue weighted by Gasteiger charge is -2.30. The summed E-state index contributed by atoms with van der Waals surface area (Å²) >= 11 is 0. The summed E-state index contributed by atoms with van der Waals surface area (Å²) in [5, 5.41) is 0.535. The SMILES string of the molecule is Cc1ccc2c(c1)CCCN2C(=O)Cn1cnc2ccccc2c1=O. The fraction of sp³-hybridized carbons (Fsp3) is 0.250. The molecule has 1 amide bonds. The van der Waals surface area contributed by atoms with Crippen LogP contribution in [0.1, 0.15) is 17.5 Å². The number of amides is 1. The maximum atomic E-state index is 12.8. The largest absolute Gasteiger partial charge is 0.311 e. The number of aromatic nitrogens is 2. The molecule has 1 aliphatic heterocycles. The number of anilines is 1. The van der Waals surface area contributed by atoms with Crippen LogP contribution >= 0.6 is 0 Å². The van der Waals surface area contributed by atoms with Crippen LogP contribution in [0.4, 0.5) is 5.69 Å². The molecule has 0 spiro atoms. The van der Waals surface area contributed by atoms with E-state index in [1.165, 1.54) is 22.0 Å². The maximum absolute atomic E-state index is 12.8. The van der Waals surface area contributed by atoms with E-state index in [9.17, 15) is 9.59 Å². The standard InChI is InChI=1S/C20H19N3O2/c1-14-8-9-18-15(11-14)5-4-10-23(18)19(24)12-22-13-21-17-7-3-2-6-16(17)20(22)25/h2-3,6-9,11,13H,4-5,10,12H2,1H3. The first kappa shape index (κ1) is 15.6. The Morgan fingerprint density at radius 3 is 2.92 bits per heavy atom. The Hall–Kier alpha value is -2.95. The van der Waals surface area contributed by atoms with Crippen LogP contribution in [0.3, 0.4) is 0 Å². The molecule has 126 valence electrons. The summed E-state index contributed by atoms with van der Waals surface area (Å²) in [6.45, 7) is 2.75. The number of benzene rings is 2. The molecule has 0 unspecified atom stereocenters. The molecule has 4 rings (SSSR count). The number of hydrogen-bond acceptors (Lipinski definition) is 3. The molecule has 0 fully saturated rings. The third-order valence-corrected chi connectivity index (χ3v) is 4.69. The maximum Gasteiger partial charge on any atom is 0.261 e. The van der Waals surface area contributed by atoms with Crippen molar-refractivity contribution >= 4 is 22.5 Å². The lowest BCUT2D eigenvalue weighted by Crippen LogP contribution is -2.39. The number of carbonyl (C=O) groups excluding carboxylic acids is 1. The van der Waals surface area contributed by atoms with Crippen LogP contribution in [0, 0.1) is 6.92 Å². The smallest absolute Gasteiger partial charge is 0.261 e. The van der Waals surface area contributed by atoms with E-state index >= 15 is 0 Å². The number of nitrogens with zero attached hydrogens (tertiary/aromatic N) is 3. The molecular formula is C20H19N3O2. The molecular weight excluding hydrogens is 314 g/mol. The molecule has 0 saturated heterocycles. The predicted octanol–water partition coefficient (Wildman–Crippen LogP) is 2.68. The molecule has 0 saturated carbocycles. The van der Waals surface area contributed by atoms with Crippen molar-refractivity contribution in [2.45, 2.75) is 26.3 Å². The quantitative estimate of drug-likeness (QED) is 0.724. The van der Waals surface area contributed by atoms with Gasteiger partial charge in [-0.25, -0.2) is 4.98 Å².